The van der Waals surface area contributed by atoms with Gasteiger partial charge in [-0.3, -0.25) is 4.98 Å². The van der Waals surface area contributed by atoms with Gasteiger partial charge >= 0.3 is 5.97 Å². The Hall–Kier alpha value is -2.25. The van der Waals surface area contributed by atoms with Gasteiger partial charge in [-0.05, 0) is 36.8 Å². The SMILES string of the molecule is CCOC(=O)c1cccc(S(=O)(=O)NCc2cccnc2)c1. The standard InChI is InChI=1S/C15H16N2O4S/c1-2-21-15(18)13-6-3-7-14(9-13)22(19,20)17-11-12-5-4-8-16-10-12/h3-10,17H,2,11H2,1H3. The molecule has 0 aliphatic heterocycles. The second-order valence-corrected chi connectivity index (χ2v) is 6.20. The number of carbonyl (C=O) groups is 1. The Morgan fingerprint density at radius 1 is 1.27 bits per heavy atom. The van der Waals surface area contributed by atoms with Crippen molar-refractivity contribution in [3.8, 4) is 0 Å². The largest absolute Gasteiger partial charge is 0.462 e. The third-order valence-corrected chi connectivity index (χ3v) is 4.24. The number of hydrogen-bond acceptors (Lipinski definition) is 5. The topological polar surface area (TPSA) is 85.4 Å². The fraction of sp³-hybridized carbons (Fsp3) is 0.200. The van der Waals surface area contributed by atoms with E-state index in [-0.39, 0.29) is 23.6 Å². The van der Waals surface area contributed by atoms with Gasteiger partial charge in [0.05, 0.1) is 17.1 Å². The molecule has 0 aliphatic carbocycles. The molecule has 0 fully saturated rings. The van der Waals surface area contributed by atoms with Crippen LogP contribution in [0.3, 0.4) is 0 Å². The number of sulfonamides is 1. The van der Waals surface area contributed by atoms with Crippen molar-refractivity contribution in [3.05, 3.63) is 59.9 Å². The summed E-state index contributed by atoms with van der Waals surface area (Å²) in [5, 5.41) is 0. The van der Waals surface area contributed by atoms with E-state index in [1.807, 2.05) is 0 Å². The fourth-order valence-corrected chi connectivity index (χ4v) is 2.83. The third kappa shape index (κ3) is 4.12. The van der Waals surface area contributed by atoms with Crippen molar-refractivity contribution in [2.75, 3.05) is 6.61 Å². The van der Waals surface area contributed by atoms with Gasteiger partial charge in [-0.25, -0.2) is 17.9 Å². The summed E-state index contributed by atoms with van der Waals surface area (Å²) >= 11 is 0. The third-order valence-electron chi connectivity index (χ3n) is 2.84. The molecule has 7 heteroatoms. The molecule has 1 heterocycles. The molecule has 0 amide bonds. The van der Waals surface area contributed by atoms with Crippen LogP contribution in [0, 0.1) is 0 Å². The first-order chi connectivity index (χ1) is 10.5. The highest BCUT2D eigenvalue weighted by Gasteiger charge is 2.16. The Kier molecular flexibility index (Phi) is 5.24. The first kappa shape index (κ1) is 16.1. The number of benzene rings is 1. The van der Waals surface area contributed by atoms with Crippen LogP contribution in [0.4, 0.5) is 0 Å². The molecule has 0 saturated carbocycles. The predicted molar refractivity (Wildman–Crippen MR) is 80.7 cm³/mol. The summed E-state index contributed by atoms with van der Waals surface area (Å²) in [7, 11) is -3.71. The molecule has 0 saturated heterocycles. The van der Waals surface area contributed by atoms with Crippen molar-refractivity contribution in [2.24, 2.45) is 0 Å². The van der Waals surface area contributed by atoms with Gasteiger partial charge in [-0.15, -0.1) is 0 Å². The van der Waals surface area contributed by atoms with Gasteiger partial charge in [0.1, 0.15) is 0 Å². The summed E-state index contributed by atoms with van der Waals surface area (Å²) in [5.74, 6) is -0.549. The van der Waals surface area contributed by atoms with Crippen LogP contribution in [0.1, 0.15) is 22.8 Å². The Bertz CT molecular complexity index is 745. The molecule has 116 valence electrons. The zero-order valence-electron chi connectivity index (χ0n) is 12.0. The predicted octanol–water partition coefficient (Wildman–Crippen LogP) is 1.74. The number of nitrogens with zero attached hydrogens (tertiary/aromatic N) is 1. The number of pyridine rings is 1. The molecule has 0 bridgehead atoms. The summed E-state index contributed by atoms with van der Waals surface area (Å²) in [4.78, 5) is 15.6. The summed E-state index contributed by atoms with van der Waals surface area (Å²) in [6.45, 7) is 2.04. The Labute approximate surface area is 129 Å². The highest BCUT2D eigenvalue weighted by Crippen LogP contribution is 2.13. The van der Waals surface area contributed by atoms with E-state index in [9.17, 15) is 13.2 Å². The second-order valence-electron chi connectivity index (χ2n) is 4.43. The fourth-order valence-electron chi connectivity index (χ4n) is 1.77. The van der Waals surface area contributed by atoms with Gasteiger partial charge in [0.15, 0.2) is 0 Å². The molecular formula is C15H16N2O4S. The number of nitrogens with one attached hydrogen (secondary N) is 1. The van der Waals surface area contributed by atoms with Crippen LogP contribution in [0.25, 0.3) is 0 Å². The van der Waals surface area contributed by atoms with Crippen LogP contribution in [0.2, 0.25) is 0 Å². The molecule has 1 N–H and O–H groups in total. The molecule has 0 spiro atoms. The van der Waals surface area contributed by atoms with E-state index >= 15 is 0 Å². The maximum atomic E-state index is 12.3. The van der Waals surface area contributed by atoms with Crippen LogP contribution in [0.5, 0.6) is 0 Å². The number of esters is 1. The molecule has 1 aromatic heterocycles. The monoisotopic (exact) mass is 320 g/mol. The van der Waals surface area contributed by atoms with E-state index in [1.165, 1.54) is 24.3 Å². The average Bonchev–Trinajstić information content (AvgIpc) is 2.54. The van der Waals surface area contributed by atoms with Crippen molar-refractivity contribution < 1.29 is 17.9 Å². The molecule has 0 radical (unpaired) electrons. The van der Waals surface area contributed by atoms with E-state index in [0.29, 0.717) is 0 Å². The van der Waals surface area contributed by atoms with Crippen LogP contribution in [0.15, 0.2) is 53.7 Å². The van der Waals surface area contributed by atoms with Gasteiger partial charge in [0, 0.05) is 18.9 Å². The Balaban J connectivity index is 2.15. The Morgan fingerprint density at radius 2 is 2.09 bits per heavy atom. The van der Waals surface area contributed by atoms with Crippen LogP contribution >= 0.6 is 0 Å². The lowest BCUT2D eigenvalue weighted by Crippen LogP contribution is -2.23. The lowest BCUT2D eigenvalue weighted by atomic mass is 10.2. The average molecular weight is 320 g/mol. The van der Waals surface area contributed by atoms with E-state index in [2.05, 4.69) is 9.71 Å². The van der Waals surface area contributed by atoms with Crippen LogP contribution < -0.4 is 4.72 Å². The molecule has 6 nitrogen and oxygen atoms in total. The lowest BCUT2D eigenvalue weighted by Gasteiger charge is -2.08. The molecule has 22 heavy (non-hydrogen) atoms. The van der Waals surface area contributed by atoms with Gasteiger partial charge in [-0.1, -0.05) is 12.1 Å². The van der Waals surface area contributed by atoms with E-state index in [4.69, 9.17) is 4.74 Å². The number of aromatic nitrogens is 1. The molecule has 0 aliphatic rings. The van der Waals surface area contributed by atoms with Crippen molar-refractivity contribution in [3.63, 3.8) is 0 Å². The van der Waals surface area contributed by atoms with Gasteiger partial charge in [0.2, 0.25) is 10.0 Å². The number of carbonyl (C=O) groups excluding carboxylic acids is 1. The van der Waals surface area contributed by atoms with Crippen molar-refractivity contribution in [2.45, 2.75) is 18.4 Å². The molecule has 2 aromatic rings. The minimum Gasteiger partial charge on any atom is -0.462 e. The second kappa shape index (κ2) is 7.15. The number of hydrogen-bond donors (Lipinski definition) is 1. The van der Waals surface area contributed by atoms with E-state index in [0.717, 1.165) is 5.56 Å². The first-order valence-electron chi connectivity index (χ1n) is 6.68. The van der Waals surface area contributed by atoms with Crippen molar-refractivity contribution >= 4 is 16.0 Å². The molecule has 1 aromatic carbocycles. The van der Waals surface area contributed by atoms with Crippen molar-refractivity contribution in [1.82, 2.24) is 9.71 Å². The zero-order chi connectivity index (χ0) is 16.0. The van der Waals surface area contributed by atoms with Gasteiger partial charge in [0.25, 0.3) is 0 Å². The van der Waals surface area contributed by atoms with Gasteiger partial charge in [-0.2, -0.15) is 0 Å². The quantitative estimate of drug-likeness (QED) is 0.819. The first-order valence-corrected chi connectivity index (χ1v) is 8.17. The van der Waals surface area contributed by atoms with Crippen LogP contribution in [-0.4, -0.2) is 26.0 Å². The zero-order valence-corrected chi connectivity index (χ0v) is 12.8. The maximum Gasteiger partial charge on any atom is 0.338 e. The number of rotatable bonds is 6. The van der Waals surface area contributed by atoms with E-state index in [1.54, 1.807) is 31.5 Å². The van der Waals surface area contributed by atoms with Crippen LogP contribution in [-0.2, 0) is 21.3 Å². The number of ether oxygens (including phenoxy) is 1. The van der Waals surface area contributed by atoms with E-state index < -0.39 is 16.0 Å². The molecule has 0 unspecified atom stereocenters. The smallest absolute Gasteiger partial charge is 0.338 e. The normalized spacial score (nSPS) is 11.1. The summed E-state index contributed by atoms with van der Waals surface area (Å²) in [6.07, 6.45) is 3.19. The Morgan fingerprint density at radius 3 is 2.77 bits per heavy atom. The minimum absolute atomic E-state index is 0.0157. The highest BCUT2D eigenvalue weighted by atomic mass is 32.2. The summed E-state index contributed by atoms with van der Waals surface area (Å²) < 4.78 is 31.8. The molecular weight excluding hydrogens is 304 g/mol. The highest BCUT2D eigenvalue weighted by molar-refractivity contribution is 7.89. The molecule has 2 rings (SSSR count). The van der Waals surface area contributed by atoms with Gasteiger partial charge < -0.3 is 4.74 Å². The van der Waals surface area contributed by atoms with Crippen molar-refractivity contribution in [1.29, 1.82) is 0 Å². The lowest BCUT2D eigenvalue weighted by molar-refractivity contribution is 0.0526. The minimum atomic E-state index is -3.71. The summed E-state index contributed by atoms with van der Waals surface area (Å²) in [6, 6.07) is 9.23. The molecule has 0 atom stereocenters. The maximum absolute atomic E-state index is 12.3. The summed E-state index contributed by atoms with van der Waals surface area (Å²) in [5.41, 5.74) is 0.943.